The number of carboxylic acids is 1. The molecule has 0 saturated carbocycles. The number of likely N-dealkylation sites (tertiary alicyclic amines) is 1. The third-order valence-electron chi connectivity index (χ3n) is 6.47. The molecule has 0 aliphatic carbocycles. The molecule has 0 aromatic heterocycles. The van der Waals surface area contributed by atoms with Crippen LogP contribution in [-0.2, 0) is 0 Å². The van der Waals surface area contributed by atoms with E-state index in [0.29, 0.717) is 0 Å². The number of hydrogen-bond donors (Lipinski definition) is 3. The maximum atomic E-state index is 13.1. The predicted molar refractivity (Wildman–Crippen MR) is 146 cm³/mol. The number of hydrogen-bond acceptors (Lipinski definition) is 5. The number of nitrogens with one attached hydrogen (secondary N) is 1. The molecule has 184 valence electrons. The number of rotatable bonds is 8. The zero-order valence-corrected chi connectivity index (χ0v) is 19.9. The van der Waals surface area contributed by atoms with E-state index in [1.54, 1.807) is 24.3 Å². The van der Waals surface area contributed by atoms with E-state index in [1.165, 1.54) is 31.4 Å². The van der Waals surface area contributed by atoms with Crippen LogP contribution in [0.4, 0.5) is 11.4 Å². The van der Waals surface area contributed by atoms with Crippen LogP contribution in [0.5, 0.6) is 5.75 Å². The topological polar surface area (TPSA) is 93.1 Å². The Bertz CT molecular complexity index is 1200. The van der Waals surface area contributed by atoms with E-state index in [2.05, 4.69) is 15.1 Å². The first-order chi connectivity index (χ1) is 16.9. The first-order valence-electron chi connectivity index (χ1n) is 11.9. The van der Waals surface area contributed by atoms with Gasteiger partial charge in [-0.2, -0.15) is 0 Å². The number of aromatic hydroxyl groups is 1. The van der Waals surface area contributed by atoms with Gasteiger partial charge in [-0.05, 0) is 67.4 Å². The Hall–Kier alpha value is -2.84. The molecule has 3 aromatic carbocycles. The van der Waals surface area contributed by atoms with E-state index in [4.69, 9.17) is 0 Å². The average molecular weight is 498 g/mol. The number of carbonyl (C=O) groups is 2. The summed E-state index contributed by atoms with van der Waals surface area (Å²) < 4.78 is 0. The van der Waals surface area contributed by atoms with Crippen LogP contribution in [0.25, 0.3) is 11.1 Å². The Morgan fingerprint density at radius 3 is 2.33 bits per heavy atom. The standard InChI is InChI=1S/C28H31N3O4.Na.H/c1-30(16-17-31-14-6-3-7-15-31)22-11-13-26(32)24(19-22)27(33)29-25-18-21(10-12-23(25)28(34)35)20-8-4-2-5-9-20;;/h2,4-5,8-13,18-19,32H,3,6-7,14-17H2,1H3,(H,29,33)(H,34,35);;. The molecule has 1 fully saturated rings. The van der Waals surface area contributed by atoms with Crippen molar-refractivity contribution in [2.75, 3.05) is 43.4 Å². The van der Waals surface area contributed by atoms with E-state index in [-0.39, 0.29) is 52.1 Å². The number of phenols is 1. The number of nitrogens with zero attached hydrogens (tertiary/aromatic N) is 2. The van der Waals surface area contributed by atoms with Gasteiger partial charge in [-0.25, -0.2) is 4.79 Å². The van der Waals surface area contributed by atoms with Gasteiger partial charge in [-0.1, -0.05) is 42.8 Å². The Kier molecular flexibility index (Phi) is 9.96. The predicted octanol–water partition coefficient (Wildman–Crippen LogP) is 4.28. The van der Waals surface area contributed by atoms with Gasteiger partial charge < -0.3 is 25.3 Å². The molecule has 3 aromatic rings. The van der Waals surface area contributed by atoms with Crippen molar-refractivity contribution in [3.8, 4) is 16.9 Å². The minimum absolute atomic E-state index is 0. The van der Waals surface area contributed by atoms with Crippen LogP contribution in [0, 0.1) is 0 Å². The summed E-state index contributed by atoms with van der Waals surface area (Å²) in [5.74, 6) is -1.87. The molecule has 0 bridgehead atoms. The van der Waals surface area contributed by atoms with Gasteiger partial charge in [-0.15, -0.1) is 0 Å². The molecule has 7 nitrogen and oxygen atoms in total. The number of piperidine rings is 1. The molecule has 0 spiro atoms. The third kappa shape index (κ3) is 6.89. The summed E-state index contributed by atoms with van der Waals surface area (Å²) in [6.07, 6.45) is 3.76. The normalized spacial score (nSPS) is 13.5. The molecule has 1 heterocycles. The molecule has 0 radical (unpaired) electrons. The van der Waals surface area contributed by atoms with Crippen LogP contribution >= 0.6 is 0 Å². The molecule has 1 saturated heterocycles. The van der Waals surface area contributed by atoms with Crippen LogP contribution in [-0.4, -0.2) is 89.8 Å². The maximum absolute atomic E-state index is 13.1. The van der Waals surface area contributed by atoms with Crippen molar-refractivity contribution >= 4 is 52.8 Å². The molecular formula is C28H32N3NaO4. The fourth-order valence-electron chi connectivity index (χ4n) is 4.38. The fraction of sp³-hybridized carbons (Fsp3) is 0.286. The van der Waals surface area contributed by atoms with Gasteiger partial charge in [0.15, 0.2) is 0 Å². The van der Waals surface area contributed by atoms with Gasteiger partial charge in [0.25, 0.3) is 5.91 Å². The van der Waals surface area contributed by atoms with Crippen molar-refractivity contribution in [2.24, 2.45) is 0 Å². The fourth-order valence-corrected chi connectivity index (χ4v) is 4.38. The Morgan fingerprint density at radius 2 is 1.64 bits per heavy atom. The van der Waals surface area contributed by atoms with E-state index < -0.39 is 11.9 Å². The van der Waals surface area contributed by atoms with Gasteiger partial charge in [0, 0.05) is 25.8 Å². The van der Waals surface area contributed by atoms with E-state index in [9.17, 15) is 19.8 Å². The van der Waals surface area contributed by atoms with Gasteiger partial charge in [-0.3, -0.25) is 4.79 Å². The first-order valence-corrected chi connectivity index (χ1v) is 11.9. The SMILES string of the molecule is CN(CCN1CCCCC1)c1ccc(O)c(C(=O)Nc2cc(-c3ccccc3)ccc2C(=O)O)c1.[NaH]. The second-order valence-corrected chi connectivity index (χ2v) is 8.91. The zero-order chi connectivity index (χ0) is 24.8. The number of phenolic OH excluding ortho intramolecular Hbond substituents is 1. The monoisotopic (exact) mass is 497 g/mol. The summed E-state index contributed by atoms with van der Waals surface area (Å²) in [6.45, 7) is 3.97. The van der Waals surface area contributed by atoms with Crippen molar-refractivity contribution in [1.82, 2.24) is 4.90 Å². The van der Waals surface area contributed by atoms with E-state index in [1.807, 2.05) is 37.4 Å². The van der Waals surface area contributed by atoms with Crippen molar-refractivity contribution in [1.29, 1.82) is 0 Å². The molecule has 1 aliphatic heterocycles. The Morgan fingerprint density at radius 1 is 0.917 bits per heavy atom. The molecule has 1 aliphatic rings. The van der Waals surface area contributed by atoms with Crippen LogP contribution in [0.3, 0.4) is 0 Å². The number of likely N-dealkylation sites (N-methyl/N-ethyl adjacent to an activating group) is 1. The second kappa shape index (κ2) is 12.9. The number of carboxylic acid groups (broad SMARTS) is 1. The molecule has 36 heavy (non-hydrogen) atoms. The summed E-state index contributed by atoms with van der Waals surface area (Å²) in [5, 5.41) is 22.7. The number of anilines is 2. The van der Waals surface area contributed by atoms with Gasteiger partial charge in [0.05, 0.1) is 16.8 Å². The summed E-state index contributed by atoms with van der Waals surface area (Å²) in [4.78, 5) is 29.4. The summed E-state index contributed by atoms with van der Waals surface area (Å²) >= 11 is 0. The minimum atomic E-state index is -1.14. The Balaban J connectivity index is 0.00000361. The number of benzene rings is 3. The molecule has 3 N–H and O–H groups in total. The molecular weight excluding hydrogens is 465 g/mol. The molecule has 8 heteroatoms. The molecule has 0 atom stereocenters. The quantitative estimate of drug-likeness (QED) is 0.402. The Labute approximate surface area is 234 Å². The first kappa shape index (κ1) is 27.7. The van der Waals surface area contributed by atoms with Gasteiger partial charge in [0.2, 0.25) is 0 Å². The van der Waals surface area contributed by atoms with Crippen molar-refractivity contribution in [3.63, 3.8) is 0 Å². The summed E-state index contributed by atoms with van der Waals surface area (Å²) in [7, 11) is 1.96. The van der Waals surface area contributed by atoms with Crippen LogP contribution < -0.4 is 10.2 Å². The second-order valence-electron chi connectivity index (χ2n) is 8.91. The van der Waals surface area contributed by atoms with Crippen molar-refractivity contribution in [3.05, 3.63) is 77.9 Å². The zero-order valence-electron chi connectivity index (χ0n) is 19.9. The number of aromatic carboxylic acids is 1. The van der Waals surface area contributed by atoms with Crippen molar-refractivity contribution < 1.29 is 19.8 Å². The average Bonchev–Trinajstić information content (AvgIpc) is 2.88. The summed E-state index contributed by atoms with van der Waals surface area (Å²) in [5.41, 5.74) is 2.73. The molecule has 0 unspecified atom stereocenters. The number of amides is 1. The summed E-state index contributed by atoms with van der Waals surface area (Å²) in [6, 6.07) is 19.3. The van der Waals surface area contributed by atoms with Crippen LogP contribution in [0.1, 0.15) is 40.0 Å². The number of carbonyl (C=O) groups excluding carboxylic acids is 1. The molecule has 1 amide bonds. The van der Waals surface area contributed by atoms with Gasteiger partial charge >= 0.3 is 35.5 Å². The van der Waals surface area contributed by atoms with E-state index in [0.717, 1.165) is 43.0 Å². The third-order valence-corrected chi connectivity index (χ3v) is 6.47. The molecule has 4 rings (SSSR count). The van der Waals surface area contributed by atoms with Crippen LogP contribution in [0.15, 0.2) is 66.7 Å². The van der Waals surface area contributed by atoms with Gasteiger partial charge in [0.1, 0.15) is 5.75 Å². The van der Waals surface area contributed by atoms with Crippen molar-refractivity contribution in [2.45, 2.75) is 19.3 Å². The van der Waals surface area contributed by atoms with E-state index >= 15 is 0 Å². The van der Waals surface area contributed by atoms with Crippen LogP contribution in [0.2, 0.25) is 0 Å².